The van der Waals surface area contributed by atoms with E-state index in [1.165, 1.54) is 11.1 Å². The molecule has 23 heavy (non-hydrogen) atoms. The molecule has 1 aromatic carbocycles. The Labute approximate surface area is 136 Å². The number of hydrogen-bond acceptors (Lipinski definition) is 3. The highest BCUT2D eigenvalue weighted by molar-refractivity contribution is 6.02. The van der Waals surface area contributed by atoms with E-state index in [2.05, 4.69) is 36.3 Å². The summed E-state index contributed by atoms with van der Waals surface area (Å²) in [5.41, 5.74) is 9.16. The third-order valence-electron chi connectivity index (χ3n) is 5.38. The van der Waals surface area contributed by atoms with Crippen LogP contribution in [-0.4, -0.2) is 41.4 Å². The summed E-state index contributed by atoms with van der Waals surface area (Å²) in [6.45, 7) is 5.33. The van der Waals surface area contributed by atoms with Crippen LogP contribution in [0.2, 0.25) is 0 Å². The van der Waals surface area contributed by atoms with Gasteiger partial charge in [-0.2, -0.15) is 0 Å². The maximum absolute atomic E-state index is 12.7. The van der Waals surface area contributed by atoms with Crippen LogP contribution in [0.1, 0.15) is 31.7 Å². The Morgan fingerprint density at radius 1 is 1.35 bits per heavy atom. The smallest absolute Gasteiger partial charge is 0.318 e. The van der Waals surface area contributed by atoms with Gasteiger partial charge in [-0.15, -0.1) is 0 Å². The molecule has 4 rings (SSSR count). The van der Waals surface area contributed by atoms with Gasteiger partial charge in [-0.3, -0.25) is 4.99 Å². The lowest BCUT2D eigenvalue weighted by atomic mass is 9.94. The van der Waals surface area contributed by atoms with Gasteiger partial charge in [0.15, 0.2) is 0 Å². The van der Waals surface area contributed by atoms with Crippen molar-refractivity contribution in [3.8, 4) is 0 Å². The molecule has 5 nitrogen and oxygen atoms in total. The lowest BCUT2D eigenvalue weighted by Crippen LogP contribution is -2.51. The molecule has 2 aliphatic heterocycles. The third kappa shape index (κ3) is 2.22. The molecule has 3 aliphatic rings. The van der Waals surface area contributed by atoms with E-state index in [4.69, 9.17) is 5.73 Å². The largest absolute Gasteiger partial charge is 0.384 e. The van der Waals surface area contributed by atoms with Crippen molar-refractivity contribution in [2.24, 2.45) is 10.7 Å². The van der Waals surface area contributed by atoms with Crippen molar-refractivity contribution in [3.63, 3.8) is 0 Å². The van der Waals surface area contributed by atoms with Gasteiger partial charge in [-0.05, 0) is 31.4 Å². The first-order chi connectivity index (χ1) is 11.0. The lowest BCUT2D eigenvalue weighted by Gasteiger charge is -2.34. The molecule has 3 N–H and O–H groups in total. The summed E-state index contributed by atoms with van der Waals surface area (Å²) >= 11 is 0. The zero-order chi connectivity index (χ0) is 16.2. The van der Waals surface area contributed by atoms with E-state index in [9.17, 15) is 4.79 Å². The Balaban J connectivity index is 1.43. The number of nitrogens with two attached hydrogens (primary N) is 1. The summed E-state index contributed by atoms with van der Waals surface area (Å²) < 4.78 is 0. The first kappa shape index (κ1) is 14.3. The van der Waals surface area contributed by atoms with Crippen molar-refractivity contribution in [2.75, 3.05) is 13.1 Å². The van der Waals surface area contributed by atoms with Crippen LogP contribution in [0.5, 0.6) is 0 Å². The van der Waals surface area contributed by atoms with Crippen LogP contribution in [0.25, 0.3) is 0 Å². The van der Waals surface area contributed by atoms with E-state index < -0.39 is 0 Å². The summed E-state index contributed by atoms with van der Waals surface area (Å²) in [4.78, 5) is 18.9. The summed E-state index contributed by atoms with van der Waals surface area (Å²) in [6, 6.07) is 10.6. The lowest BCUT2D eigenvalue weighted by molar-refractivity contribution is 0.170. The van der Waals surface area contributed by atoms with Crippen molar-refractivity contribution in [1.82, 2.24) is 10.2 Å². The zero-order valence-corrected chi connectivity index (χ0v) is 13.5. The number of urea groups is 1. The minimum atomic E-state index is -0.318. The number of rotatable bonds is 2. The number of aliphatic imine (C=N–C) groups is 1. The fourth-order valence-corrected chi connectivity index (χ4v) is 3.75. The Bertz CT molecular complexity index is 720. The average Bonchev–Trinajstić information content (AvgIpc) is 3.10. The fraction of sp³-hybridized carbons (Fsp3) is 0.444. The molecule has 2 atom stereocenters. The Morgan fingerprint density at radius 3 is 2.78 bits per heavy atom. The van der Waals surface area contributed by atoms with E-state index in [-0.39, 0.29) is 17.6 Å². The van der Waals surface area contributed by atoms with Crippen LogP contribution in [0.3, 0.4) is 0 Å². The van der Waals surface area contributed by atoms with Crippen molar-refractivity contribution in [1.29, 1.82) is 0 Å². The Morgan fingerprint density at radius 2 is 2.09 bits per heavy atom. The molecule has 0 spiro atoms. The van der Waals surface area contributed by atoms with Gasteiger partial charge in [0.25, 0.3) is 0 Å². The number of carbonyl (C=O) groups is 1. The quantitative estimate of drug-likeness (QED) is 0.877. The first-order valence-corrected chi connectivity index (χ1v) is 8.14. The van der Waals surface area contributed by atoms with Crippen LogP contribution in [0.15, 0.2) is 46.5 Å². The van der Waals surface area contributed by atoms with Crippen molar-refractivity contribution >= 4 is 11.9 Å². The highest BCUT2D eigenvalue weighted by Gasteiger charge is 2.47. The number of nitrogens with zero attached hydrogens (tertiary/aromatic N) is 2. The standard InChI is InChI=1S/C18H22N4O/c1-18(2)14-9-20-16(19)13(14)10-22(18)17(23)21-15-8-12(15)11-6-4-3-5-7-11/h3-7,12,15H,8-10H2,1-2H3,(H2,19,20)(H,21,23)/t12-,15?/m1/s1. The molecule has 1 fully saturated rings. The summed E-state index contributed by atoms with van der Waals surface area (Å²) in [5.74, 6) is 1.04. The first-order valence-electron chi connectivity index (χ1n) is 8.14. The summed E-state index contributed by atoms with van der Waals surface area (Å²) in [5, 5.41) is 3.18. The zero-order valence-electron chi connectivity index (χ0n) is 13.5. The van der Waals surface area contributed by atoms with Crippen LogP contribution in [0.4, 0.5) is 4.79 Å². The predicted octanol–water partition coefficient (Wildman–Crippen LogP) is 2.01. The van der Waals surface area contributed by atoms with Crippen LogP contribution in [0, 0.1) is 0 Å². The van der Waals surface area contributed by atoms with Gasteiger partial charge < -0.3 is 16.0 Å². The second-order valence-electron chi connectivity index (χ2n) is 7.11. The molecule has 1 aliphatic carbocycles. The van der Waals surface area contributed by atoms with Crippen molar-refractivity contribution in [2.45, 2.75) is 37.8 Å². The maximum atomic E-state index is 12.7. The van der Waals surface area contributed by atoms with E-state index in [1.807, 2.05) is 23.1 Å². The molecule has 0 aromatic heterocycles. The van der Waals surface area contributed by atoms with Crippen molar-refractivity contribution < 1.29 is 4.79 Å². The van der Waals surface area contributed by atoms with Crippen molar-refractivity contribution in [3.05, 3.63) is 47.0 Å². The maximum Gasteiger partial charge on any atom is 0.318 e. The molecule has 5 heteroatoms. The number of amides is 2. The molecular formula is C18H22N4O. The minimum absolute atomic E-state index is 0.000584. The molecule has 1 saturated carbocycles. The van der Waals surface area contributed by atoms with E-state index >= 15 is 0 Å². The minimum Gasteiger partial charge on any atom is -0.384 e. The van der Waals surface area contributed by atoms with Crippen LogP contribution in [-0.2, 0) is 0 Å². The highest BCUT2D eigenvalue weighted by atomic mass is 16.2. The average molecular weight is 310 g/mol. The molecule has 1 aromatic rings. The normalized spacial score (nSPS) is 27.7. The summed E-state index contributed by atoms with van der Waals surface area (Å²) in [6.07, 6.45) is 1.01. The Kier molecular flexibility index (Phi) is 3.01. The number of benzene rings is 1. The second kappa shape index (κ2) is 4.85. The number of carbonyl (C=O) groups excluding carboxylic acids is 1. The second-order valence-corrected chi connectivity index (χ2v) is 7.11. The molecule has 0 bridgehead atoms. The van der Waals surface area contributed by atoms with Gasteiger partial charge in [0.05, 0.1) is 18.6 Å². The molecule has 2 amide bonds. The molecule has 0 saturated heterocycles. The van der Waals surface area contributed by atoms with Gasteiger partial charge in [0.2, 0.25) is 0 Å². The topological polar surface area (TPSA) is 70.7 Å². The van der Waals surface area contributed by atoms with Crippen LogP contribution < -0.4 is 11.1 Å². The molecule has 1 unspecified atom stereocenters. The van der Waals surface area contributed by atoms with Gasteiger partial charge >= 0.3 is 6.03 Å². The summed E-state index contributed by atoms with van der Waals surface area (Å²) in [7, 11) is 0. The molecule has 0 radical (unpaired) electrons. The fourth-order valence-electron chi connectivity index (χ4n) is 3.75. The van der Waals surface area contributed by atoms with Gasteiger partial charge in [0.1, 0.15) is 5.84 Å². The predicted molar refractivity (Wildman–Crippen MR) is 90.4 cm³/mol. The van der Waals surface area contributed by atoms with E-state index in [0.717, 1.165) is 12.0 Å². The van der Waals surface area contributed by atoms with Crippen LogP contribution >= 0.6 is 0 Å². The number of hydrogen-bond donors (Lipinski definition) is 2. The monoisotopic (exact) mass is 310 g/mol. The van der Waals surface area contributed by atoms with E-state index in [1.54, 1.807) is 0 Å². The SMILES string of the molecule is CC1(C)C2=C(CN1C(=O)NC1C[C@@H]1c1ccccc1)C(N)=NC2. The Hall–Kier alpha value is -2.30. The number of nitrogens with one attached hydrogen (secondary N) is 1. The molecule has 120 valence electrons. The van der Waals surface area contributed by atoms with Gasteiger partial charge in [-0.1, -0.05) is 30.3 Å². The van der Waals surface area contributed by atoms with E-state index in [0.29, 0.717) is 24.8 Å². The van der Waals surface area contributed by atoms with Gasteiger partial charge in [0, 0.05) is 17.5 Å². The molecule has 2 heterocycles. The number of amidine groups is 1. The van der Waals surface area contributed by atoms with Gasteiger partial charge in [-0.25, -0.2) is 4.79 Å². The molecular weight excluding hydrogens is 288 g/mol. The highest BCUT2D eigenvalue weighted by Crippen LogP contribution is 2.42. The third-order valence-corrected chi connectivity index (χ3v) is 5.38.